The molecule has 1 atom stereocenters. The van der Waals surface area contributed by atoms with Gasteiger partial charge in [-0.2, -0.15) is 5.26 Å². The number of Topliss-reactive ketones (excluding diaryl/α,β-unsaturated/α-hetero) is 1. The number of nitriles is 1. The third-order valence-electron chi connectivity index (χ3n) is 6.87. The molecule has 0 aromatic heterocycles. The fourth-order valence-corrected chi connectivity index (χ4v) is 4.99. The minimum Gasteiger partial charge on any atom is -0.489 e. The van der Waals surface area contributed by atoms with Gasteiger partial charge in [-0.3, -0.25) is 14.5 Å². The molecule has 0 spiro atoms. The van der Waals surface area contributed by atoms with Crippen LogP contribution in [0.4, 0.5) is 5.69 Å². The molecule has 0 N–H and O–H groups in total. The van der Waals surface area contributed by atoms with Crippen molar-refractivity contribution in [1.29, 1.82) is 5.26 Å². The molecule has 3 aromatic carbocycles. The summed E-state index contributed by atoms with van der Waals surface area (Å²) < 4.78 is 5.98. The van der Waals surface area contributed by atoms with Crippen molar-refractivity contribution in [3.8, 4) is 11.8 Å². The highest BCUT2D eigenvalue weighted by atomic mass is 16.5. The molecule has 1 aliphatic heterocycles. The highest BCUT2D eigenvalue weighted by Crippen LogP contribution is 2.43. The number of rotatable bonds is 5. The summed E-state index contributed by atoms with van der Waals surface area (Å²) in [5.41, 5.74) is 6.06. The van der Waals surface area contributed by atoms with Gasteiger partial charge in [-0.25, -0.2) is 0 Å². The lowest BCUT2D eigenvalue weighted by molar-refractivity contribution is -0.119. The fraction of sp³-hybridized carbons (Fsp3) is 0.233. The Morgan fingerprint density at radius 1 is 0.971 bits per heavy atom. The van der Waals surface area contributed by atoms with Gasteiger partial charge in [-0.1, -0.05) is 36.4 Å². The maximum Gasteiger partial charge on any atom is 0.232 e. The molecule has 1 amide bonds. The van der Waals surface area contributed by atoms with Gasteiger partial charge in [0.1, 0.15) is 12.4 Å². The lowest BCUT2D eigenvalue weighted by Crippen LogP contribution is -2.40. The lowest BCUT2D eigenvalue weighted by Gasteiger charge is -2.38. The third kappa shape index (κ3) is 4.48. The number of ether oxygens (including phenoxy) is 1. The number of anilines is 1. The molecule has 0 saturated carbocycles. The van der Waals surface area contributed by atoms with Crippen molar-refractivity contribution in [1.82, 2.24) is 0 Å². The van der Waals surface area contributed by atoms with Gasteiger partial charge in [-0.05, 0) is 72.9 Å². The first-order valence-corrected chi connectivity index (χ1v) is 11.9. The minimum absolute atomic E-state index is 0.0342. The predicted octanol–water partition coefficient (Wildman–Crippen LogP) is 5.97. The van der Waals surface area contributed by atoms with E-state index in [4.69, 9.17) is 10.00 Å². The third-order valence-corrected chi connectivity index (χ3v) is 6.87. The summed E-state index contributed by atoms with van der Waals surface area (Å²) in [5.74, 6) is 0.572. The minimum atomic E-state index is -0.259. The van der Waals surface area contributed by atoms with Crippen LogP contribution in [0.1, 0.15) is 53.9 Å². The highest BCUT2D eigenvalue weighted by Gasteiger charge is 2.39. The zero-order chi connectivity index (χ0) is 24.4. The van der Waals surface area contributed by atoms with Crippen LogP contribution in [-0.2, 0) is 16.2 Å². The standard InChI is InChI=1S/C30H26N2O3/c1-20-5-2-3-6-23(20)19-35-25-15-11-22(12-16-25)26-17-29(34)32(24-13-9-21(18-31)10-14-24)27-7-4-8-28(33)30(26)27/h2-3,5-6,9-16,26H,4,7-8,17,19H2,1H3. The zero-order valence-electron chi connectivity index (χ0n) is 19.7. The molecule has 5 heteroatoms. The van der Waals surface area contributed by atoms with Crippen LogP contribution in [0.25, 0.3) is 0 Å². The number of carbonyl (C=O) groups is 2. The molecule has 35 heavy (non-hydrogen) atoms. The first kappa shape index (κ1) is 22.6. The molecule has 5 nitrogen and oxygen atoms in total. The number of benzene rings is 3. The van der Waals surface area contributed by atoms with Gasteiger partial charge in [-0.15, -0.1) is 0 Å². The van der Waals surface area contributed by atoms with E-state index in [2.05, 4.69) is 25.1 Å². The van der Waals surface area contributed by atoms with Crippen LogP contribution in [0.3, 0.4) is 0 Å². The topological polar surface area (TPSA) is 70.4 Å². The molecule has 0 radical (unpaired) electrons. The summed E-state index contributed by atoms with van der Waals surface area (Å²) in [6.07, 6.45) is 2.15. The molecular weight excluding hydrogens is 436 g/mol. The van der Waals surface area contributed by atoms with Crippen molar-refractivity contribution >= 4 is 17.4 Å². The molecule has 1 heterocycles. The fourth-order valence-electron chi connectivity index (χ4n) is 4.99. The van der Waals surface area contributed by atoms with Crippen molar-refractivity contribution < 1.29 is 14.3 Å². The highest BCUT2D eigenvalue weighted by molar-refractivity contribution is 6.07. The Morgan fingerprint density at radius 2 is 1.71 bits per heavy atom. The van der Waals surface area contributed by atoms with E-state index in [0.29, 0.717) is 30.7 Å². The molecule has 0 bridgehead atoms. The maximum absolute atomic E-state index is 13.3. The molecule has 1 aliphatic carbocycles. The number of amides is 1. The van der Waals surface area contributed by atoms with E-state index in [1.165, 1.54) is 5.56 Å². The summed E-state index contributed by atoms with van der Waals surface area (Å²) in [4.78, 5) is 28.1. The van der Waals surface area contributed by atoms with Crippen LogP contribution in [-0.4, -0.2) is 11.7 Å². The van der Waals surface area contributed by atoms with Gasteiger partial charge in [0.25, 0.3) is 0 Å². The average Bonchev–Trinajstić information content (AvgIpc) is 2.88. The maximum atomic E-state index is 13.3. The number of aryl methyl sites for hydroxylation is 1. The normalized spacial score (nSPS) is 17.7. The summed E-state index contributed by atoms with van der Waals surface area (Å²) in [6, 6.07) is 25.0. The Labute approximate surface area is 205 Å². The van der Waals surface area contributed by atoms with E-state index >= 15 is 0 Å². The monoisotopic (exact) mass is 462 g/mol. The van der Waals surface area contributed by atoms with E-state index in [1.54, 1.807) is 29.2 Å². The number of hydrogen-bond acceptors (Lipinski definition) is 4. The van der Waals surface area contributed by atoms with Crippen LogP contribution < -0.4 is 9.64 Å². The van der Waals surface area contributed by atoms with Crippen molar-refractivity contribution in [3.63, 3.8) is 0 Å². The van der Waals surface area contributed by atoms with E-state index in [-0.39, 0.29) is 24.0 Å². The molecule has 0 fully saturated rings. The molecule has 5 rings (SSSR count). The second-order valence-corrected chi connectivity index (χ2v) is 9.07. The van der Waals surface area contributed by atoms with Gasteiger partial charge in [0.2, 0.25) is 5.91 Å². The lowest BCUT2D eigenvalue weighted by atomic mass is 9.77. The summed E-state index contributed by atoms with van der Waals surface area (Å²) in [5, 5.41) is 9.10. The van der Waals surface area contributed by atoms with Crippen molar-refractivity contribution in [2.45, 2.75) is 45.1 Å². The zero-order valence-corrected chi connectivity index (χ0v) is 19.7. The van der Waals surface area contributed by atoms with Crippen LogP contribution in [0.5, 0.6) is 5.75 Å². The number of nitrogens with zero attached hydrogens (tertiary/aromatic N) is 2. The summed E-state index contributed by atoms with van der Waals surface area (Å²) in [7, 11) is 0. The largest absolute Gasteiger partial charge is 0.489 e. The second kappa shape index (κ2) is 9.60. The van der Waals surface area contributed by atoms with Gasteiger partial charge in [0, 0.05) is 35.7 Å². The first-order chi connectivity index (χ1) is 17.0. The Kier molecular flexibility index (Phi) is 6.20. The van der Waals surface area contributed by atoms with Crippen LogP contribution in [0, 0.1) is 18.3 Å². The molecular formula is C30H26N2O3. The molecule has 1 unspecified atom stereocenters. The number of hydrogen-bond donors (Lipinski definition) is 0. The van der Waals surface area contributed by atoms with E-state index in [0.717, 1.165) is 34.6 Å². The van der Waals surface area contributed by atoms with E-state index in [9.17, 15) is 9.59 Å². The van der Waals surface area contributed by atoms with Crippen LogP contribution >= 0.6 is 0 Å². The van der Waals surface area contributed by atoms with Gasteiger partial charge in [0.05, 0.1) is 11.6 Å². The average molecular weight is 463 g/mol. The Balaban J connectivity index is 1.42. The van der Waals surface area contributed by atoms with Gasteiger partial charge in [0.15, 0.2) is 5.78 Å². The van der Waals surface area contributed by atoms with Gasteiger partial charge < -0.3 is 4.74 Å². The predicted molar refractivity (Wildman–Crippen MR) is 134 cm³/mol. The van der Waals surface area contributed by atoms with Crippen molar-refractivity contribution in [2.75, 3.05) is 4.90 Å². The first-order valence-electron chi connectivity index (χ1n) is 11.9. The van der Waals surface area contributed by atoms with Crippen molar-refractivity contribution in [3.05, 3.63) is 106 Å². The smallest absolute Gasteiger partial charge is 0.232 e. The second-order valence-electron chi connectivity index (χ2n) is 9.07. The molecule has 2 aliphatic rings. The number of ketones is 1. The number of carbonyl (C=O) groups excluding carboxylic acids is 2. The Hall–Kier alpha value is -4.17. The quantitative estimate of drug-likeness (QED) is 0.468. The van der Waals surface area contributed by atoms with Crippen LogP contribution in [0.15, 0.2) is 84.1 Å². The molecule has 174 valence electrons. The SMILES string of the molecule is Cc1ccccc1COc1ccc(C2CC(=O)N(c3ccc(C#N)cc3)C3=C2C(=O)CCC3)cc1. The Morgan fingerprint density at radius 3 is 2.43 bits per heavy atom. The van der Waals surface area contributed by atoms with Crippen molar-refractivity contribution in [2.24, 2.45) is 0 Å². The van der Waals surface area contributed by atoms with Gasteiger partial charge >= 0.3 is 0 Å². The molecule has 0 saturated heterocycles. The van der Waals surface area contributed by atoms with E-state index < -0.39 is 0 Å². The van der Waals surface area contributed by atoms with E-state index in [1.807, 2.05) is 36.4 Å². The molecule has 3 aromatic rings. The number of allylic oxidation sites excluding steroid dienone is 2. The summed E-state index contributed by atoms with van der Waals surface area (Å²) in [6.45, 7) is 2.55. The Bertz CT molecular complexity index is 1350. The van der Waals surface area contributed by atoms with Crippen LogP contribution in [0.2, 0.25) is 0 Å². The summed E-state index contributed by atoms with van der Waals surface area (Å²) >= 11 is 0.